The first-order valence-corrected chi connectivity index (χ1v) is 7.65. The molecule has 2 rings (SSSR count). The topological polar surface area (TPSA) is 74.0 Å². The van der Waals surface area contributed by atoms with Crippen LogP contribution in [0.2, 0.25) is 0 Å². The smallest absolute Gasteiger partial charge is 0.276 e. The normalized spacial score (nSPS) is 11.2. The van der Waals surface area contributed by atoms with Crippen LogP contribution in [0.15, 0.2) is 47.6 Å². The van der Waals surface area contributed by atoms with Crippen LogP contribution < -0.4 is 4.74 Å². The number of hydrogen-bond donors (Lipinski definition) is 0. The number of rotatable bonds is 7. The summed E-state index contributed by atoms with van der Waals surface area (Å²) in [5.74, 6) is 0.682. The van der Waals surface area contributed by atoms with E-state index >= 15 is 0 Å². The van der Waals surface area contributed by atoms with E-state index in [1.54, 1.807) is 18.2 Å². The fourth-order valence-corrected chi connectivity index (χ4v) is 2.22. The maximum absolute atomic E-state index is 11.0. The van der Waals surface area contributed by atoms with Crippen LogP contribution in [-0.2, 0) is 11.4 Å². The van der Waals surface area contributed by atoms with Crippen LogP contribution in [0, 0.1) is 17.0 Å². The first-order chi connectivity index (χ1) is 11.5. The fourth-order valence-electron chi connectivity index (χ4n) is 2.22. The Morgan fingerprint density at radius 1 is 1.25 bits per heavy atom. The van der Waals surface area contributed by atoms with Crippen LogP contribution >= 0.6 is 0 Å². The monoisotopic (exact) mass is 328 g/mol. The molecule has 126 valence electrons. The van der Waals surface area contributed by atoms with Gasteiger partial charge in [-0.25, -0.2) is 0 Å². The highest BCUT2D eigenvalue weighted by Crippen LogP contribution is 2.24. The van der Waals surface area contributed by atoms with Crippen molar-refractivity contribution in [3.63, 3.8) is 0 Å². The SMILES string of the molecule is CCO/N=C(\C)c1ccc(OCc2ccccc2[N+](=O)[O-])c(C)c1. The summed E-state index contributed by atoms with van der Waals surface area (Å²) in [6.07, 6.45) is 0. The van der Waals surface area contributed by atoms with Crippen LogP contribution in [0.3, 0.4) is 0 Å². The van der Waals surface area contributed by atoms with Crippen LogP contribution in [-0.4, -0.2) is 17.2 Å². The minimum Gasteiger partial charge on any atom is -0.488 e. The number of nitrogens with zero attached hydrogens (tertiary/aromatic N) is 2. The first-order valence-electron chi connectivity index (χ1n) is 7.65. The number of para-hydroxylation sites is 1. The first kappa shape index (κ1) is 17.5. The summed E-state index contributed by atoms with van der Waals surface area (Å²) >= 11 is 0. The number of nitro benzene ring substituents is 1. The van der Waals surface area contributed by atoms with Gasteiger partial charge in [-0.2, -0.15) is 0 Å². The molecule has 6 nitrogen and oxygen atoms in total. The zero-order chi connectivity index (χ0) is 17.5. The third-order valence-electron chi connectivity index (χ3n) is 3.49. The lowest BCUT2D eigenvalue weighted by Crippen LogP contribution is -2.02. The fraction of sp³-hybridized carbons (Fsp3) is 0.278. The molecule has 0 N–H and O–H groups in total. The van der Waals surface area contributed by atoms with E-state index < -0.39 is 4.92 Å². The van der Waals surface area contributed by atoms with Gasteiger partial charge in [0.15, 0.2) is 0 Å². The summed E-state index contributed by atoms with van der Waals surface area (Å²) < 4.78 is 5.75. The molecule has 0 radical (unpaired) electrons. The number of aryl methyl sites for hydroxylation is 1. The molecule has 0 saturated carbocycles. The van der Waals surface area contributed by atoms with Gasteiger partial charge >= 0.3 is 0 Å². The molecule has 2 aromatic carbocycles. The molecule has 2 aromatic rings. The highest BCUT2D eigenvalue weighted by Gasteiger charge is 2.13. The molecule has 24 heavy (non-hydrogen) atoms. The molecule has 0 aliphatic carbocycles. The summed E-state index contributed by atoms with van der Waals surface area (Å²) in [7, 11) is 0. The molecule has 0 bridgehead atoms. The quantitative estimate of drug-likeness (QED) is 0.433. The third kappa shape index (κ3) is 4.32. The molecule has 0 saturated heterocycles. The predicted molar refractivity (Wildman–Crippen MR) is 92.4 cm³/mol. The number of nitro groups is 1. The zero-order valence-electron chi connectivity index (χ0n) is 14.0. The Morgan fingerprint density at radius 2 is 2.00 bits per heavy atom. The summed E-state index contributed by atoms with van der Waals surface area (Å²) in [6, 6.07) is 12.2. The van der Waals surface area contributed by atoms with Crippen molar-refractivity contribution in [3.05, 3.63) is 69.3 Å². The van der Waals surface area contributed by atoms with Gasteiger partial charge in [0, 0.05) is 6.07 Å². The number of benzene rings is 2. The Hall–Kier alpha value is -2.89. The van der Waals surface area contributed by atoms with Crippen molar-refractivity contribution in [2.75, 3.05) is 6.61 Å². The van der Waals surface area contributed by atoms with Crippen molar-refractivity contribution in [2.24, 2.45) is 5.16 Å². The van der Waals surface area contributed by atoms with Crippen molar-refractivity contribution in [1.29, 1.82) is 0 Å². The Balaban J connectivity index is 2.13. The average Bonchev–Trinajstić information content (AvgIpc) is 2.58. The van der Waals surface area contributed by atoms with Crippen LogP contribution in [0.1, 0.15) is 30.5 Å². The Morgan fingerprint density at radius 3 is 2.67 bits per heavy atom. The lowest BCUT2D eigenvalue weighted by Gasteiger charge is -2.11. The van der Waals surface area contributed by atoms with Crippen molar-refractivity contribution in [3.8, 4) is 5.75 Å². The van der Waals surface area contributed by atoms with E-state index in [9.17, 15) is 10.1 Å². The van der Waals surface area contributed by atoms with E-state index in [0.29, 0.717) is 17.9 Å². The van der Waals surface area contributed by atoms with Crippen molar-refractivity contribution < 1.29 is 14.5 Å². The molecule has 0 unspecified atom stereocenters. The second-order valence-electron chi connectivity index (χ2n) is 5.25. The third-order valence-corrected chi connectivity index (χ3v) is 3.49. The Labute approximate surface area is 140 Å². The second kappa shape index (κ2) is 8.10. The minimum atomic E-state index is -0.401. The van der Waals surface area contributed by atoms with Crippen molar-refractivity contribution in [2.45, 2.75) is 27.4 Å². The van der Waals surface area contributed by atoms with Crippen LogP contribution in [0.5, 0.6) is 5.75 Å². The molecule has 0 spiro atoms. The van der Waals surface area contributed by atoms with E-state index in [0.717, 1.165) is 16.8 Å². The van der Waals surface area contributed by atoms with Crippen molar-refractivity contribution in [1.82, 2.24) is 0 Å². The predicted octanol–water partition coefficient (Wildman–Crippen LogP) is 4.24. The van der Waals surface area contributed by atoms with Gasteiger partial charge in [0.25, 0.3) is 5.69 Å². The van der Waals surface area contributed by atoms with E-state index in [1.807, 2.05) is 39.0 Å². The lowest BCUT2D eigenvalue weighted by molar-refractivity contribution is -0.385. The largest absolute Gasteiger partial charge is 0.488 e. The number of ether oxygens (including phenoxy) is 1. The van der Waals surface area contributed by atoms with Gasteiger partial charge in [0.05, 0.1) is 16.2 Å². The summed E-state index contributed by atoms with van der Waals surface area (Å²) in [4.78, 5) is 15.7. The minimum absolute atomic E-state index is 0.0615. The van der Waals surface area contributed by atoms with E-state index in [4.69, 9.17) is 9.57 Å². The van der Waals surface area contributed by atoms with Gasteiger partial charge in [0.2, 0.25) is 0 Å². The summed E-state index contributed by atoms with van der Waals surface area (Å²) in [6.45, 7) is 6.34. The zero-order valence-corrected chi connectivity index (χ0v) is 14.0. The highest BCUT2D eigenvalue weighted by atomic mass is 16.6. The molecule has 0 heterocycles. The second-order valence-corrected chi connectivity index (χ2v) is 5.25. The van der Waals surface area contributed by atoms with E-state index in [1.165, 1.54) is 6.07 Å². The molecule has 0 aliphatic heterocycles. The van der Waals surface area contributed by atoms with Gasteiger partial charge in [0.1, 0.15) is 19.0 Å². The molecule has 0 fully saturated rings. The maximum atomic E-state index is 11.0. The Kier molecular flexibility index (Phi) is 5.89. The number of hydrogen-bond acceptors (Lipinski definition) is 5. The van der Waals surface area contributed by atoms with Gasteiger partial charge < -0.3 is 9.57 Å². The standard InChI is InChI=1S/C18H20N2O4/c1-4-24-19-14(3)15-9-10-18(13(2)11-15)23-12-16-7-5-6-8-17(16)20(21)22/h5-11H,4,12H2,1-3H3/b19-14+. The van der Waals surface area contributed by atoms with E-state index in [2.05, 4.69) is 5.16 Å². The van der Waals surface area contributed by atoms with Crippen molar-refractivity contribution >= 4 is 11.4 Å². The molecule has 0 atom stereocenters. The van der Waals surface area contributed by atoms with Crippen LogP contribution in [0.25, 0.3) is 0 Å². The average molecular weight is 328 g/mol. The van der Waals surface area contributed by atoms with Gasteiger partial charge in [-0.3, -0.25) is 10.1 Å². The summed E-state index contributed by atoms with van der Waals surface area (Å²) in [5, 5.41) is 15.0. The van der Waals surface area contributed by atoms with Gasteiger partial charge in [-0.05, 0) is 56.2 Å². The van der Waals surface area contributed by atoms with Gasteiger partial charge in [-0.1, -0.05) is 17.3 Å². The van der Waals surface area contributed by atoms with E-state index in [-0.39, 0.29) is 12.3 Å². The molecule has 0 aliphatic rings. The molecular formula is C18H20N2O4. The maximum Gasteiger partial charge on any atom is 0.276 e. The molecule has 0 aromatic heterocycles. The lowest BCUT2D eigenvalue weighted by atomic mass is 10.1. The molecule has 0 amide bonds. The Bertz CT molecular complexity index is 756. The van der Waals surface area contributed by atoms with Gasteiger partial charge in [-0.15, -0.1) is 0 Å². The molecule has 6 heteroatoms. The summed E-state index contributed by atoms with van der Waals surface area (Å²) in [5.41, 5.74) is 3.26. The highest BCUT2D eigenvalue weighted by molar-refractivity contribution is 5.98. The number of oxime groups is 1. The molecular weight excluding hydrogens is 308 g/mol. The van der Waals surface area contributed by atoms with Crippen LogP contribution in [0.4, 0.5) is 5.69 Å².